The molecule has 0 spiro atoms. The first-order valence-corrected chi connectivity index (χ1v) is 11.3. The smallest absolute Gasteiger partial charge is 0.131 e. The second kappa shape index (κ2) is 14.0. The Hall–Kier alpha value is -1.14. The fraction of sp³-hybridized carbons (Fsp3) is 0.450. The first-order valence-electron chi connectivity index (χ1n) is 9.12. The lowest BCUT2D eigenvalue weighted by molar-refractivity contribution is 0.656. The first-order chi connectivity index (χ1) is 12.7. The number of hydrogen-bond acceptors (Lipinski definition) is 5. The Kier molecular flexibility index (Phi) is 12.3. The molecule has 0 atom stereocenters. The highest BCUT2D eigenvalue weighted by atomic mass is 35.5. The summed E-state index contributed by atoms with van der Waals surface area (Å²) in [5.41, 5.74) is 6.51. The molecule has 3 N–H and O–H groups in total. The molecule has 26 heavy (non-hydrogen) atoms. The van der Waals surface area contributed by atoms with Crippen molar-refractivity contribution in [3.8, 4) is 0 Å². The lowest BCUT2D eigenvalue weighted by Gasteiger charge is -2.06. The van der Waals surface area contributed by atoms with E-state index in [0.717, 1.165) is 22.4 Å². The van der Waals surface area contributed by atoms with Crippen molar-refractivity contribution in [1.82, 2.24) is 4.98 Å². The van der Waals surface area contributed by atoms with Gasteiger partial charge in [0.1, 0.15) is 5.15 Å². The van der Waals surface area contributed by atoms with Crippen molar-refractivity contribution in [1.29, 1.82) is 0 Å². The Labute approximate surface area is 170 Å². The maximum absolute atomic E-state index is 6.00. The molecule has 0 unspecified atom stereocenters. The summed E-state index contributed by atoms with van der Waals surface area (Å²) in [6, 6.07) is 8.05. The number of hydrogen-bond donors (Lipinski definition) is 2. The molecule has 3 nitrogen and oxygen atoms in total. The van der Waals surface area contributed by atoms with Gasteiger partial charge in [0.2, 0.25) is 0 Å². The fourth-order valence-corrected chi connectivity index (χ4v) is 4.00. The minimum atomic E-state index is 0.532. The van der Waals surface area contributed by atoms with Crippen LogP contribution >= 0.6 is 34.3 Å². The van der Waals surface area contributed by atoms with Crippen molar-refractivity contribution in [2.24, 2.45) is 5.73 Å². The number of nitrogens with one attached hydrogen (secondary N) is 1. The predicted octanol–water partition coefficient (Wildman–Crippen LogP) is 7.17. The maximum atomic E-state index is 6.00. The van der Waals surface area contributed by atoms with Crippen LogP contribution < -0.4 is 11.1 Å². The normalized spacial score (nSPS) is 9.88. The van der Waals surface area contributed by atoms with Crippen LogP contribution in [-0.2, 0) is 6.54 Å². The van der Waals surface area contributed by atoms with Crippen molar-refractivity contribution in [2.45, 2.75) is 52.5 Å². The molecule has 3 rings (SSSR count). The van der Waals surface area contributed by atoms with Crippen LogP contribution in [0.2, 0.25) is 5.15 Å². The van der Waals surface area contributed by atoms with E-state index >= 15 is 0 Å². The number of nitrogens with two attached hydrogens (primary N) is 1. The molecule has 0 aromatic carbocycles. The fourth-order valence-electron chi connectivity index (χ4n) is 2.33. The van der Waals surface area contributed by atoms with E-state index in [1.54, 1.807) is 22.7 Å². The lowest BCUT2D eigenvalue weighted by atomic mass is 10.2. The van der Waals surface area contributed by atoms with E-state index in [0.29, 0.717) is 5.15 Å². The van der Waals surface area contributed by atoms with Crippen molar-refractivity contribution in [3.05, 3.63) is 45.1 Å². The topological polar surface area (TPSA) is 50.9 Å². The summed E-state index contributed by atoms with van der Waals surface area (Å²) in [5, 5.41) is 8.06. The number of thiophene rings is 2. The molecular formula is C20H30ClN3S2. The Bertz CT molecular complexity index is 707. The van der Waals surface area contributed by atoms with Gasteiger partial charge in [-0.3, -0.25) is 0 Å². The van der Waals surface area contributed by atoms with Crippen LogP contribution in [0.3, 0.4) is 0 Å². The van der Waals surface area contributed by atoms with Crippen LogP contribution in [0.15, 0.2) is 35.0 Å². The zero-order valence-corrected chi connectivity index (χ0v) is 18.3. The third-order valence-electron chi connectivity index (χ3n) is 3.62. The monoisotopic (exact) mass is 411 g/mol. The van der Waals surface area contributed by atoms with E-state index in [-0.39, 0.29) is 0 Å². The third-order valence-corrected chi connectivity index (χ3v) is 5.63. The van der Waals surface area contributed by atoms with Crippen LogP contribution in [0.4, 0.5) is 5.69 Å². The van der Waals surface area contributed by atoms with E-state index in [9.17, 15) is 0 Å². The van der Waals surface area contributed by atoms with Gasteiger partial charge in [-0.25, -0.2) is 4.98 Å². The van der Waals surface area contributed by atoms with Gasteiger partial charge in [-0.15, -0.1) is 22.7 Å². The van der Waals surface area contributed by atoms with Crippen molar-refractivity contribution in [2.75, 3.05) is 12.4 Å². The van der Waals surface area contributed by atoms with Gasteiger partial charge in [0, 0.05) is 17.5 Å². The molecule has 0 aliphatic carbocycles. The maximum Gasteiger partial charge on any atom is 0.131 e. The molecule has 0 aliphatic heterocycles. The van der Waals surface area contributed by atoms with Gasteiger partial charge >= 0.3 is 0 Å². The number of unbranched alkanes of at least 4 members (excludes halogenated alkanes) is 4. The molecule has 3 aromatic rings. The van der Waals surface area contributed by atoms with E-state index in [1.807, 2.05) is 17.5 Å². The van der Waals surface area contributed by atoms with Crippen molar-refractivity contribution in [3.63, 3.8) is 0 Å². The summed E-state index contributed by atoms with van der Waals surface area (Å²) in [6.07, 6.45) is 7.01. The molecule has 0 radical (unpaired) electrons. The largest absolute Gasteiger partial charge is 0.379 e. The summed E-state index contributed by atoms with van der Waals surface area (Å²) in [7, 11) is 1.50. The molecule has 0 saturated carbocycles. The van der Waals surface area contributed by atoms with Crippen LogP contribution in [0.25, 0.3) is 10.2 Å². The van der Waals surface area contributed by atoms with Gasteiger partial charge in [0.05, 0.1) is 15.9 Å². The number of aromatic nitrogens is 1. The first kappa shape index (κ1) is 22.9. The molecule has 0 bridgehead atoms. The molecule has 144 valence electrons. The van der Waals surface area contributed by atoms with Crippen molar-refractivity contribution >= 4 is 50.2 Å². The zero-order valence-electron chi connectivity index (χ0n) is 15.9. The highest BCUT2D eigenvalue weighted by molar-refractivity contribution is 7.17. The molecular weight excluding hydrogens is 382 g/mol. The Morgan fingerprint density at radius 3 is 2.38 bits per heavy atom. The second-order valence-corrected chi connectivity index (χ2v) is 7.96. The molecule has 0 amide bonds. The second-order valence-electron chi connectivity index (χ2n) is 5.62. The van der Waals surface area contributed by atoms with Crippen LogP contribution in [-0.4, -0.2) is 12.0 Å². The number of anilines is 1. The summed E-state index contributed by atoms with van der Waals surface area (Å²) >= 11 is 9.42. The molecule has 0 aliphatic rings. The van der Waals surface area contributed by atoms with E-state index < -0.39 is 0 Å². The number of nitrogens with zero attached hydrogens (tertiary/aromatic N) is 1. The molecule has 0 saturated heterocycles. The molecule has 6 heteroatoms. The minimum Gasteiger partial charge on any atom is -0.379 e. The summed E-state index contributed by atoms with van der Waals surface area (Å²) in [4.78, 5) is 5.59. The molecule has 3 heterocycles. The Morgan fingerprint density at radius 1 is 1.04 bits per heavy atom. The number of pyridine rings is 1. The Morgan fingerprint density at radius 2 is 1.77 bits per heavy atom. The van der Waals surface area contributed by atoms with E-state index in [4.69, 9.17) is 11.6 Å². The van der Waals surface area contributed by atoms with Crippen LogP contribution in [0, 0.1) is 0 Å². The van der Waals surface area contributed by atoms with Gasteiger partial charge in [-0.05, 0) is 29.9 Å². The summed E-state index contributed by atoms with van der Waals surface area (Å²) < 4.78 is 1.16. The summed E-state index contributed by atoms with van der Waals surface area (Å²) in [5.74, 6) is 0. The molecule has 0 fully saturated rings. The van der Waals surface area contributed by atoms with Gasteiger partial charge in [-0.2, -0.15) is 0 Å². The third kappa shape index (κ3) is 8.04. The van der Waals surface area contributed by atoms with Crippen molar-refractivity contribution < 1.29 is 0 Å². The number of halogens is 1. The van der Waals surface area contributed by atoms with Gasteiger partial charge < -0.3 is 11.1 Å². The quantitative estimate of drug-likeness (QED) is 0.320. The number of rotatable bonds is 7. The predicted molar refractivity (Wildman–Crippen MR) is 121 cm³/mol. The van der Waals surface area contributed by atoms with Gasteiger partial charge in [-0.1, -0.05) is 63.6 Å². The average Bonchev–Trinajstić information content (AvgIpc) is 3.34. The highest BCUT2D eigenvalue weighted by Crippen LogP contribution is 2.30. The SMILES string of the molecule is CCCCCCC.CN.Clc1cc(NCc2cccs2)c2sccc2n1. The van der Waals surface area contributed by atoms with E-state index in [1.165, 1.54) is 44.0 Å². The van der Waals surface area contributed by atoms with Crippen LogP contribution in [0.5, 0.6) is 0 Å². The minimum absolute atomic E-state index is 0.532. The van der Waals surface area contributed by atoms with Gasteiger partial charge in [0.25, 0.3) is 0 Å². The standard InChI is InChI=1S/C12H9ClN2S2.C7H16.CH5N/c13-11-6-10(12-9(15-11)3-5-17-12)14-7-8-2-1-4-16-8;1-3-5-7-6-4-2;1-2/h1-6H,7H2,(H,14,15);3-7H2,1-2H3;2H2,1H3. The number of fused-ring (bicyclic) bond motifs is 1. The zero-order chi connectivity index (χ0) is 19.2. The summed E-state index contributed by atoms with van der Waals surface area (Å²) in [6.45, 7) is 5.32. The van der Waals surface area contributed by atoms with Crippen LogP contribution in [0.1, 0.15) is 50.8 Å². The highest BCUT2D eigenvalue weighted by Gasteiger charge is 2.06. The van der Waals surface area contributed by atoms with Gasteiger partial charge in [0.15, 0.2) is 0 Å². The molecule has 3 aromatic heterocycles. The van der Waals surface area contributed by atoms with E-state index in [2.05, 4.69) is 47.4 Å². The lowest BCUT2D eigenvalue weighted by Crippen LogP contribution is -1.97. The Balaban J connectivity index is 0.000000321. The average molecular weight is 412 g/mol.